The van der Waals surface area contributed by atoms with E-state index >= 15 is 0 Å². The van der Waals surface area contributed by atoms with Crippen molar-refractivity contribution in [2.45, 2.75) is 203 Å². The Hall–Kier alpha value is -3.81. The van der Waals surface area contributed by atoms with Gasteiger partial charge < -0.3 is 73.7 Å². The molecule has 21 heteroatoms. The molecule has 3 saturated heterocycles. The Morgan fingerprint density at radius 1 is 0.974 bits per heavy atom. The normalized spacial score (nSPS) is 37.5. The summed E-state index contributed by atoms with van der Waals surface area (Å²) in [5, 5.41) is 80.1. The minimum atomic E-state index is -1.85. The molecule has 5 heterocycles. The van der Waals surface area contributed by atoms with Crippen molar-refractivity contribution in [3.63, 3.8) is 0 Å². The first-order valence-electron chi connectivity index (χ1n) is 26.8. The molecule has 0 bridgehead atoms. The summed E-state index contributed by atoms with van der Waals surface area (Å²) in [6, 6.07) is 8.96. The van der Waals surface area contributed by atoms with Gasteiger partial charge in [0.1, 0.15) is 48.8 Å². The maximum Gasteiger partial charge on any atom is 0.311 e. The number of cyclic esters (lactones) is 1. The third-order valence-corrected chi connectivity index (χ3v) is 16.5. The number of hydrogen-bond acceptors (Lipinski definition) is 18. The topological polar surface area (TPSA) is 247 Å². The molecule has 20 nitrogen and oxygen atoms in total. The first kappa shape index (κ1) is 61.4. The van der Waals surface area contributed by atoms with E-state index in [9.17, 15) is 39.9 Å². The molecule has 19 atom stereocenters. The van der Waals surface area contributed by atoms with Gasteiger partial charge in [0, 0.05) is 76.5 Å². The lowest BCUT2D eigenvalue weighted by Crippen LogP contribution is -2.59. The number of nitrogens with zero attached hydrogens (tertiary/aromatic N) is 6. The van der Waals surface area contributed by atoms with Crippen LogP contribution in [0, 0.1) is 17.0 Å². The molecule has 3 aliphatic heterocycles. The Morgan fingerprint density at radius 2 is 1.67 bits per heavy atom. The molecule has 0 spiro atoms. The maximum atomic E-state index is 14.9. The van der Waals surface area contributed by atoms with Crippen LogP contribution >= 0.6 is 0 Å². The summed E-state index contributed by atoms with van der Waals surface area (Å²) in [5.74, 6) is -2.02. The Morgan fingerprint density at radius 3 is 2.30 bits per heavy atom. The lowest BCUT2D eigenvalue weighted by Gasteiger charge is -2.47. The van der Waals surface area contributed by atoms with Crippen LogP contribution in [0.25, 0.3) is 11.1 Å². The number of halogens is 1. The number of hydrogen-bond donors (Lipinski definition) is 5. The predicted octanol–water partition coefficient (Wildman–Crippen LogP) is 4.06. The van der Waals surface area contributed by atoms with Crippen molar-refractivity contribution < 1.29 is 72.6 Å². The van der Waals surface area contributed by atoms with Gasteiger partial charge in [-0.3, -0.25) is 4.79 Å². The number of aromatic nitrogens is 4. The van der Waals surface area contributed by atoms with Crippen molar-refractivity contribution in [1.82, 2.24) is 24.8 Å². The molecule has 0 radical (unpaired) electrons. The maximum absolute atomic E-state index is 14.9. The number of aliphatic hydroxyl groups is 5. The lowest BCUT2D eigenvalue weighted by atomic mass is 9.83. The van der Waals surface area contributed by atoms with Crippen LogP contribution in [0.3, 0.4) is 0 Å². The summed E-state index contributed by atoms with van der Waals surface area (Å²) in [5.41, 5.74) is -1.70. The number of methoxy groups -OCH3 is 2. The van der Waals surface area contributed by atoms with E-state index in [0.29, 0.717) is 31.6 Å². The molecule has 5 N–H and O–H groups in total. The van der Waals surface area contributed by atoms with Gasteiger partial charge in [-0.2, -0.15) is 4.73 Å². The zero-order valence-electron chi connectivity index (χ0n) is 46.8. The van der Waals surface area contributed by atoms with Crippen molar-refractivity contribution in [3.8, 4) is 11.1 Å². The molecule has 0 amide bonds. The number of carbonyl (C=O) groups excluding carboxylic acids is 1. The van der Waals surface area contributed by atoms with Gasteiger partial charge in [0.2, 0.25) is 0 Å². The van der Waals surface area contributed by atoms with Gasteiger partial charge in [-0.25, -0.2) is 9.07 Å². The second kappa shape index (κ2) is 26.0. The molecule has 0 aliphatic carbocycles. The Labute approximate surface area is 447 Å². The second-order valence-electron chi connectivity index (χ2n) is 22.6. The quantitative estimate of drug-likeness (QED) is 0.0771. The average molecular weight is 1080 g/mol. The van der Waals surface area contributed by atoms with E-state index in [-0.39, 0.29) is 31.6 Å². The summed E-state index contributed by atoms with van der Waals surface area (Å²) >= 11 is 0. The molecule has 3 aliphatic rings. The molecule has 428 valence electrons. The number of rotatable bonds is 16. The predicted molar refractivity (Wildman–Crippen MR) is 278 cm³/mol. The number of ether oxygens (including phenoxy) is 7. The fourth-order valence-corrected chi connectivity index (χ4v) is 11.4. The molecule has 0 unspecified atom stereocenters. The molecular formula is C55H87FN6O14. The number of carbonyl (C=O) groups is 1. The Kier molecular flexibility index (Phi) is 21.0. The van der Waals surface area contributed by atoms with Crippen molar-refractivity contribution in [3.05, 3.63) is 71.5 Å². The smallest absolute Gasteiger partial charge is 0.311 e. The molecule has 2 aromatic heterocycles. The van der Waals surface area contributed by atoms with Crippen LogP contribution in [0.2, 0.25) is 0 Å². The zero-order valence-corrected chi connectivity index (χ0v) is 46.8. The molecular weight excluding hydrogens is 988 g/mol. The van der Waals surface area contributed by atoms with Gasteiger partial charge in [0.05, 0.1) is 47.2 Å². The molecule has 3 fully saturated rings. The number of esters is 1. The van der Waals surface area contributed by atoms with Crippen LogP contribution in [0.1, 0.15) is 118 Å². The van der Waals surface area contributed by atoms with E-state index in [1.165, 1.54) is 38.2 Å². The van der Waals surface area contributed by atoms with E-state index in [1.807, 2.05) is 68.1 Å². The van der Waals surface area contributed by atoms with E-state index in [4.69, 9.17) is 33.2 Å². The van der Waals surface area contributed by atoms with Gasteiger partial charge in [-0.15, -0.1) is 5.10 Å². The molecule has 0 saturated carbocycles. The fourth-order valence-electron chi connectivity index (χ4n) is 11.4. The van der Waals surface area contributed by atoms with Gasteiger partial charge >= 0.3 is 5.97 Å². The first-order chi connectivity index (χ1) is 35.8. The number of benzene rings is 1. The van der Waals surface area contributed by atoms with Crippen molar-refractivity contribution in [2.24, 2.45) is 11.8 Å². The van der Waals surface area contributed by atoms with Crippen molar-refractivity contribution in [1.29, 1.82) is 0 Å². The SMILES string of the molecule is CC[C@H]1OC(=O)[C@H](C)[C@@H](O[C@H]2C[C@@](C)(OC)[C@@H](O)[C@H](C)O2)C[C@@H](O[C@@H]2O[C@H](C)C[C@H](N(C)CCc3cn([C@H](CF)[C@H](OC)c4ccc(-c5ccc[n+]([O-])c5)cc4)nn3)[C@H]2O)[C@](C)(O)C[C@@H](C)CN(C)[C@H](C)[C@@H](O)[C@]1(C)O. The summed E-state index contributed by atoms with van der Waals surface area (Å²) in [7, 11) is 6.69. The van der Waals surface area contributed by atoms with Crippen molar-refractivity contribution in [2.75, 3.05) is 48.1 Å². The summed E-state index contributed by atoms with van der Waals surface area (Å²) in [6.45, 7) is 15.6. The zero-order chi connectivity index (χ0) is 56.0. The highest BCUT2D eigenvalue weighted by molar-refractivity contribution is 5.73. The van der Waals surface area contributed by atoms with Crippen molar-refractivity contribution >= 4 is 5.97 Å². The van der Waals surface area contributed by atoms with Crippen LogP contribution in [0.5, 0.6) is 0 Å². The third kappa shape index (κ3) is 14.3. The largest absolute Gasteiger partial charge is 0.619 e. The molecule has 6 rings (SSSR count). The minimum Gasteiger partial charge on any atom is -0.619 e. The number of pyridine rings is 1. The van der Waals surface area contributed by atoms with E-state index in [2.05, 4.69) is 10.3 Å². The standard InChI is InChI=1S/C55H87FN6O14/c1-14-44-55(9,68)49(64)35(5)60(11)29-32(2)26-53(7,67)45(25-43(34(4)51(66)75-44)74-46-27-54(8,71-13)50(65)36(6)73-46)76-52-47(63)41(24-33(3)72-52)59(10)23-21-40-31-62(58-57-40)42(28-56)48(70-12)38-19-17-37(18-20-38)39-16-15-22-61(69)30-39/h15-20,22,30-36,41-50,52,63-65,67-68H,14,21,23-29H2,1-13H3/t32-,33-,34-,35-,36+,41+,42-,43+,44-,45-,46+,47-,48-,49-,50+,52+,53-,54-,55-/m1/s1. The summed E-state index contributed by atoms with van der Waals surface area (Å²) < 4.78 is 60.9. The van der Waals surface area contributed by atoms with Crippen LogP contribution in [-0.2, 0) is 44.4 Å². The van der Waals surface area contributed by atoms with E-state index in [0.717, 1.165) is 21.4 Å². The summed E-state index contributed by atoms with van der Waals surface area (Å²) in [6.07, 6.45) is -5.27. The van der Waals surface area contributed by atoms with E-state index < -0.39 is 121 Å². The van der Waals surface area contributed by atoms with Gasteiger partial charge in [0.15, 0.2) is 25.0 Å². The highest BCUT2D eigenvalue weighted by Crippen LogP contribution is 2.39. The van der Waals surface area contributed by atoms with Gasteiger partial charge in [0.25, 0.3) is 0 Å². The third-order valence-electron chi connectivity index (χ3n) is 16.5. The van der Waals surface area contributed by atoms with Gasteiger partial charge in [-0.1, -0.05) is 43.3 Å². The average Bonchev–Trinajstić information content (AvgIpc) is 3.85. The lowest BCUT2D eigenvalue weighted by molar-refractivity contribution is -0.604. The van der Waals surface area contributed by atoms with Crippen LogP contribution in [0.15, 0.2) is 55.0 Å². The van der Waals surface area contributed by atoms with Crippen LogP contribution < -0.4 is 4.73 Å². The highest BCUT2D eigenvalue weighted by Gasteiger charge is 2.51. The minimum absolute atomic E-state index is 0.0844. The van der Waals surface area contributed by atoms with Crippen LogP contribution in [-0.4, -0.2) is 195 Å². The Bertz CT molecular complexity index is 2300. The number of alkyl halides is 1. The number of aliphatic hydroxyl groups excluding tert-OH is 3. The summed E-state index contributed by atoms with van der Waals surface area (Å²) in [4.78, 5) is 18.3. The fraction of sp³-hybridized carbons (Fsp3) is 0.745. The molecule has 76 heavy (non-hydrogen) atoms. The molecule has 1 aromatic carbocycles. The first-order valence-corrected chi connectivity index (χ1v) is 26.8. The second-order valence-corrected chi connectivity index (χ2v) is 22.6. The van der Waals surface area contributed by atoms with Crippen LogP contribution in [0.4, 0.5) is 4.39 Å². The Balaban J connectivity index is 1.23. The molecule has 3 aromatic rings. The van der Waals surface area contributed by atoms with E-state index in [1.54, 1.807) is 53.8 Å². The number of likely N-dealkylation sites (N-methyl/N-ethyl adjacent to an activating group) is 2. The highest BCUT2D eigenvalue weighted by atomic mass is 19.1. The monoisotopic (exact) mass is 1070 g/mol. The van der Waals surface area contributed by atoms with Gasteiger partial charge in [-0.05, 0) is 105 Å².